The maximum absolute atomic E-state index is 13.5. The Hall–Kier alpha value is -0.580. The summed E-state index contributed by atoms with van der Waals surface area (Å²) in [5, 5.41) is 0. The van der Waals surface area contributed by atoms with Crippen LogP contribution in [0.15, 0.2) is 6.07 Å². The van der Waals surface area contributed by atoms with Gasteiger partial charge in [0, 0.05) is 0 Å². The standard InChI is InChI=1S/C13H15BrF4/c1-6-5-7(2)9(4)10(8(6)3)11(14)13(17,18)12(15)16/h5,11-12H,1-4H3. The average molecular weight is 327 g/mol. The molecule has 1 aromatic rings. The van der Waals surface area contributed by atoms with Crippen LogP contribution in [0, 0.1) is 27.7 Å². The lowest BCUT2D eigenvalue weighted by molar-refractivity contribution is -0.128. The Labute approximate surface area is 113 Å². The first-order chi connectivity index (χ1) is 8.10. The number of alkyl halides is 5. The van der Waals surface area contributed by atoms with Gasteiger partial charge in [-0.25, -0.2) is 8.78 Å². The van der Waals surface area contributed by atoms with Gasteiger partial charge in [0.05, 0.1) is 0 Å². The molecule has 0 aliphatic heterocycles. The molecule has 0 saturated carbocycles. The van der Waals surface area contributed by atoms with Crippen LogP contribution in [0.25, 0.3) is 0 Å². The molecule has 1 rings (SSSR count). The second-order valence-electron chi connectivity index (χ2n) is 4.51. The minimum atomic E-state index is -4.09. The van der Waals surface area contributed by atoms with Crippen molar-refractivity contribution in [3.8, 4) is 0 Å². The van der Waals surface area contributed by atoms with E-state index in [4.69, 9.17) is 0 Å². The first kappa shape index (κ1) is 15.5. The Bertz CT molecular complexity index is 429. The maximum atomic E-state index is 13.5. The van der Waals surface area contributed by atoms with Crippen molar-refractivity contribution in [1.82, 2.24) is 0 Å². The van der Waals surface area contributed by atoms with Crippen LogP contribution in [0.3, 0.4) is 0 Å². The van der Waals surface area contributed by atoms with Crippen molar-refractivity contribution >= 4 is 15.9 Å². The van der Waals surface area contributed by atoms with Gasteiger partial charge in [-0.3, -0.25) is 0 Å². The molecule has 1 atom stereocenters. The van der Waals surface area contributed by atoms with E-state index in [9.17, 15) is 17.6 Å². The quantitative estimate of drug-likeness (QED) is 0.525. The second-order valence-corrected chi connectivity index (χ2v) is 5.43. The number of hydrogen-bond acceptors (Lipinski definition) is 0. The van der Waals surface area contributed by atoms with Crippen molar-refractivity contribution in [2.24, 2.45) is 0 Å². The summed E-state index contributed by atoms with van der Waals surface area (Å²) < 4.78 is 51.8. The molecular formula is C13H15BrF4. The topological polar surface area (TPSA) is 0 Å². The molecule has 102 valence electrons. The summed E-state index contributed by atoms with van der Waals surface area (Å²) >= 11 is 2.75. The van der Waals surface area contributed by atoms with Crippen LogP contribution in [0.4, 0.5) is 17.6 Å². The second kappa shape index (κ2) is 5.19. The van der Waals surface area contributed by atoms with E-state index in [0.717, 1.165) is 11.1 Å². The maximum Gasteiger partial charge on any atom is 0.323 e. The predicted octanol–water partition coefficient (Wildman–Crippen LogP) is 5.26. The van der Waals surface area contributed by atoms with Crippen molar-refractivity contribution in [3.05, 3.63) is 33.9 Å². The van der Waals surface area contributed by atoms with Crippen LogP contribution in [0.2, 0.25) is 0 Å². The lowest BCUT2D eigenvalue weighted by Gasteiger charge is -2.26. The minimum absolute atomic E-state index is 0.262. The molecule has 0 radical (unpaired) electrons. The van der Waals surface area contributed by atoms with Crippen LogP contribution in [-0.2, 0) is 0 Å². The average Bonchev–Trinajstić information content (AvgIpc) is 2.26. The number of benzene rings is 1. The molecule has 0 fully saturated rings. The van der Waals surface area contributed by atoms with Gasteiger partial charge in [0.2, 0.25) is 0 Å². The highest BCUT2D eigenvalue weighted by Gasteiger charge is 2.49. The van der Waals surface area contributed by atoms with Gasteiger partial charge in [-0.15, -0.1) is 0 Å². The van der Waals surface area contributed by atoms with E-state index in [0.29, 0.717) is 11.1 Å². The lowest BCUT2D eigenvalue weighted by atomic mass is 9.90. The molecule has 18 heavy (non-hydrogen) atoms. The molecule has 1 unspecified atom stereocenters. The molecule has 0 N–H and O–H groups in total. The molecule has 0 heterocycles. The highest BCUT2D eigenvalue weighted by molar-refractivity contribution is 9.09. The molecule has 0 bridgehead atoms. The van der Waals surface area contributed by atoms with E-state index in [1.165, 1.54) is 0 Å². The summed E-state index contributed by atoms with van der Waals surface area (Å²) in [5.41, 5.74) is 3.16. The van der Waals surface area contributed by atoms with Crippen LogP contribution in [0.1, 0.15) is 32.6 Å². The number of hydrogen-bond donors (Lipinski definition) is 0. The highest BCUT2D eigenvalue weighted by atomic mass is 79.9. The van der Waals surface area contributed by atoms with E-state index >= 15 is 0 Å². The monoisotopic (exact) mass is 326 g/mol. The van der Waals surface area contributed by atoms with Crippen molar-refractivity contribution in [2.45, 2.75) is 44.9 Å². The smallest absolute Gasteiger partial charge is 0.204 e. The third-order valence-corrected chi connectivity index (χ3v) is 4.37. The molecular weight excluding hydrogens is 312 g/mol. The summed E-state index contributed by atoms with van der Waals surface area (Å²) in [6.45, 7) is 6.91. The van der Waals surface area contributed by atoms with Gasteiger partial charge in [-0.05, 0) is 55.5 Å². The highest BCUT2D eigenvalue weighted by Crippen LogP contribution is 2.45. The normalized spacial score (nSPS) is 14.1. The first-order valence-electron chi connectivity index (χ1n) is 5.48. The molecule has 0 aliphatic rings. The molecule has 0 nitrogen and oxygen atoms in total. The van der Waals surface area contributed by atoms with Crippen molar-refractivity contribution in [2.75, 3.05) is 0 Å². The number of aryl methyl sites for hydroxylation is 2. The summed E-state index contributed by atoms with van der Waals surface area (Å²) in [5.74, 6) is -4.09. The third kappa shape index (κ3) is 2.56. The fourth-order valence-corrected chi connectivity index (χ4v) is 2.82. The SMILES string of the molecule is Cc1cc(C)c(C)c(C(Br)C(F)(F)C(F)F)c1C. The minimum Gasteiger partial charge on any atom is -0.204 e. The predicted molar refractivity (Wildman–Crippen MR) is 68.0 cm³/mol. The summed E-state index contributed by atoms with van der Waals surface area (Å²) in [6.07, 6.45) is -3.69. The van der Waals surface area contributed by atoms with Gasteiger partial charge in [0.15, 0.2) is 0 Å². The van der Waals surface area contributed by atoms with E-state index < -0.39 is 17.2 Å². The first-order valence-corrected chi connectivity index (χ1v) is 6.39. The summed E-state index contributed by atoms with van der Waals surface area (Å²) in [4.78, 5) is -1.68. The lowest BCUT2D eigenvalue weighted by Crippen LogP contribution is -2.32. The van der Waals surface area contributed by atoms with Crippen LogP contribution >= 0.6 is 15.9 Å². The zero-order valence-corrected chi connectivity index (χ0v) is 12.2. The van der Waals surface area contributed by atoms with Crippen molar-refractivity contribution in [3.63, 3.8) is 0 Å². The molecule has 5 heteroatoms. The van der Waals surface area contributed by atoms with Crippen molar-refractivity contribution in [1.29, 1.82) is 0 Å². The van der Waals surface area contributed by atoms with Crippen LogP contribution in [-0.4, -0.2) is 12.3 Å². The van der Waals surface area contributed by atoms with E-state index in [-0.39, 0.29) is 5.56 Å². The Morgan fingerprint density at radius 3 is 1.72 bits per heavy atom. The van der Waals surface area contributed by atoms with Crippen LogP contribution in [0.5, 0.6) is 0 Å². The molecule has 0 spiro atoms. The van der Waals surface area contributed by atoms with Gasteiger partial charge in [-0.2, -0.15) is 8.78 Å². The summed E-state index contributed by atoms with van der Waals surface area (Å²) in [7, 11) is 0. The number of rotatable bonds is 3. The van der Waals surface area contributed by atoms with E-state index in [1.807, 2.05) is 6.07 Å². The van der Waals surface area contributed by atoms with Gasteiger partial charge in [0.25, 0.3) is 0 Å². The van der Waals surface area contributed by atoms with Gasteiger partial charge >= 0.3 is 12.3 Å². The Morgan fingerprint density at radius 2 is 1.39 bits per heavy atom. The van der Waals surface area contributed by atoms with Crippen molar-refractivity contribution < 1.29 is 17.6 Å². The van der Waals surface area contributed by atoms with Crippen LogP contribution < -0.4 is 0 Å². The Morgan fingerprint density at radius 1 is 1.00 bits per heavy atom. The van der Waals surface area contributed by atoms with Gasteiger partial charge < -0.3 is 0 Å². The van der Waals surface area contributed by atoms with E-state index in [2.05, 4.69) is 15.9 Å². The Balaban J connectivity index is 3.42. The largest absolute Gasteiger partial charge is 0.323 e. The molecule has 0 amide bonds. The third-order valence-electron chi connectivity index (χ3n) is 3.31. The van der Waals surface area contributed by atoms with Gasteiger partial charge in [-0.1, -0.05) is 22.0 Å². The fourth-order valence-electron chi connectivity index (χ4n) is 1.93. The summed E-state index contributed by atoms with van der Waals surface area (Å²) in [6, 6.07) is 1.87. The fraction of sp³-hybridized carbons (Fsp3) is 0.538. The molecule has 0 saturated heterocycles. The number of halogens is 5. The molecule has 1 aromatic carbocycles. The zero-order valence-electron chi connectivity index (χ0n) is 10.6. The molecule has 0 aromatic heterocycles. The zero-order chi connectivity index (χ0) is 14.2. The van der Waals surface area contributed by atoms with Gasteiger partial charge in [0.1, 0.15) is 4.83 Å². The van der Waals surface area contributed by atoms with E-state index in [1.54, 1.807) is 27.7 Å². The molecule has 0 aliphatic carbocycles. The Kier molecular flexibility index (Phi) is 4.47.